The Morgan fingerprint density at radius 3 is 2.06 bits per heavy atom. The highest BCUT2D eigenvalue weighted by atomic mass is 16.5. The van der Waals surface area contributed by atoms with Gasteiger partial charge in [0.1, 0.15) is 6.61 Å². The van der Waals surface area contributed by atoms with Crippen molar-refractivity contribution < 1.29 is 14.3 Å². The first-order chi connectivity index (χ1) is 17.2. The lowest BCUT2D eigenvalue weighted by Gasteiger charge is -2.14. The molecule has 0 unspecified atom stereocenters. The van der Waals surface area contributed by atoms with E-state index in [1.54, 1.807) is 0 Å². The van der Waals surface area contributed by atoms with E-state index < -0.39 is 6.09 Å². The molecule has 1 N–H and O–H groups in total. The Balaban J connectivity index is 1.06. The van der Waals surface area contributed by atoms with E-state index in [4.69, 9.17) is 4.74 Å². The van der Waals surface area contributed by atoms with Gasteiger partial charge in [0.05, 0.1) is 0 Å². The highest BCUT2D eigenvalue weighted by Gasteiger charge is 2.29. The summed E-state index contributed by atoms with van der Waals surface area (Å²) in [6, 6.07) is 30.1. The van der Waals surface area contributed by atoms with Gasteiger partial charge in [-0.3, -0.25) is 4.79 Å². The van der Waals surface area contributed by atoms with E-state index in [1.165, 1.54) is 22.3 Å². The van der Waals surface area contributed by atoms with Gasteiger partial charge in [-0.05, 0) is 45.0 Å². The number of amides is 1. The summed E-state index contributed by atoms with van der Waals surface area (Å²) in [6.07, 6.45) is 3.31. The summed E-state index contributed by atoms with van der Waals surface area (Å²) in [4.78, 5) is 25.0. The third-order valence-electron chi connectivity index (χ3n) is 6.77. The van der Waals surface area contributed by atoms with Crippen LogP contribution in [0, 0.1) is 0 Å². The van der Waals surface area contributed by atoms with E-state index in [0.717, 1.165) is 27.8 Å². The number of hydrogen-bond acceptors (Lipinski definition) is 3. The van der Waals surface area contributed by atoms with Gasteiger partial charge in [0.15, 0.2) is 5.78 Å². The van der Waals surface area contributed by atoms with E-state index in [-0.39, 0.29) is 18.3 Å². The van der Waals surface area contributed by atoms with E-state index in [9.17, 15) is 9.59 Å². The molecule has 1 amide bonds. The van der Waals surface area contributed by atoms with Crippen molar-refractivity contribution in [3.05, 3.63) is 125 Å². The molecule has 0 fully saturated rings. The number of carbonyl (C=O) groups is 2. The molecule has 0 saturated heterocycles. The Hall–Kier alpha value is -4.44. The number of alkyl carbamates (subject to hydrolysis) is 1. The van der Waals surface area contributed by atoms with Crippen LogP contribution >= 0.6 is 0 Å². The van der Waals surface area contributed by atoms with Crippen molar-refractivity contribution in [2.45, 2.75) is 5.92 Å². The molecule has 0 bridgehead atoms. The zero-order valence-electron chi connectivity index (χ0n) is 19.0. The molecule has 0 aliphatic heterocycles. The molecule has 170 valence electrons. The highest BCUT2D eigenvalue weighted by molar-refractivity contribution is 6.21. The zero-order chi connectivity index (χ0) is 23.8. The molecule has 4 aromatic carbocycles. The van der Waals surface area contributed by atoms with Crippen LogP contribution in [0.5, 0.6) is 0 Å². The first-order valence-electron chi connectivity index (χ1n) is 11.7. The second-order valence-electron chi connectivity index (χ2n) is 8.79. The summed E-state index contributed by atoms with van der Waals surface area (Å²) in [5.41, 5.74) is 9.13. The Morgan fingerprint density at radius 2 is 1.34 bits per heavy atom. The summed E-state index contributed by atoms with van der Waals surface area (Å²) in [6.45, 7) is 0.624. The fourth-order valence-electron chi connectivity index (χ4n) is 5.14. The van der Waals surface area contributed by atoms with Crippen LogP contribution in [0.1, 0.15) is 38.5 Å². The molecule has 0 spiro atoms. The lowest BCUT2D eigenvalue weighted by molar-refractivity contribution is 0.104. The molecular formula is C31H23NO3. The first kappa shape index (κ1) is 21.1. The van der Waals surface area contributed by atoms with Crippen molar-refractivity contribution in [1.29, 1.82) is 0 Å². The maximum absolute atomic E-state index is 12.7. The van der Waals surface area contributed by atoms with Crippen molar-refractivity contribution in [1.82, 2.24) is 5.32 Å². The number of nitrogens with one attached hydrogen (secondary N) is 1. The molecule has 4 heteroatoms. The molecule has 35 heavy (non-hydrogen) atoms. The maximum Gasteiger partial charge on any atom is 0.407 e. The molecule has 0 aromatic heterocycles. The summed E-state index contributed by atoms with van der Waals surface area (Å²) in [7, 11) is 0. The Kier molecular flexibility index (Phi) is 5.27. The smallest absolute Gasteiger partial charge is 0.407 e. The lowest BCUT2D eigenvalue weighted by atomic mass is 9.98. The topological polar surface area (TPSA) is 55.4 Å². The SMILES string of the molecule is O=C(NCC=Cc1ccc2c(c1)C(=O)c1ccccc1-2)OCC1c2ccccc2-c2ccccc21. The fraction of sp³-hybridized carbons (Fsp3) is 0.0968. The monoisotopic (exact) mass is 457 g/mol. The average Bonchev–Trinajstić information content (AvgIpc) is 3.37. The molecule has 0 saturated carbocycles. The summed E-state index contributed by atoms with van der Waals surface area (Å²) < 4.78 is 5.57. The Bertz CT molecular complexity index is 1460. The van der Waals surface area contributed by atoms with Crippen LogP contribution in [0.4, 0.5) is 4.79 Å². The van der Waals surface area contributed by atoms with E-state index in [0.29, 0.717) is 6.54 Å². The van der Waals surface area contributed by atoms with Crippen LogP contribution in [0.3, 0.4) is 0 Å². The normalized spacial score (nSPS) is 13.3. The third-order valence-corrected chi connectivity index (χ3v) is 6.77. The van der Waals surface area contributed by atoms with Crippen molar-refractivity contribution >= 4 is 18.0 Å². The van der Waals surface area contributed by atoms with E-state index in [2.05, 4.69) is 29.6 Å². The van der Waals surface area contributed by atoms with Crippen molar-refractivity contribution in [2.24, 2.45) is 0 Å². The molecular weight excluding hydrogens is 434 g/mol. The van der Waals surface area contributed by atoms with E-state index in [1.807, 2.05) is 78.9 Å². The molecule has 0 atom stereocenters. The number of ketones is 1. The minimum atomic E-state index is -0.448. The number of rotatable bonds is 5. The Morgan fingerprint density at radius 1 is 0.743 bits per heavy atom. The van der Waals surface area contributed by atoms with Crippen LogP contribution < -0.4 is 5.32 Å². The molecule has 4 aromatic rings. The molecule has 4 nitrogen and oxygen atoms in total. The van der Waals surface area contributed by atoms with Gasteiger partial charge in [-0.25, -0.2) is 4.79 Å². The van der Waals surface area contributed by atoms with Gasteiger partial charge in [-0.15, -0.1) is 0 Å². The first-order valence-corrected chi connectivity index (χ1v) is 11.7. The van der Waals surface area contributed by atoms with Crippen molar-refractivity contribution in [2.75, 3.05) is 13.2 Å². The number of carbonyl (C=O) groups excluding carboxylic acids is 2. The van der Waals surface area contributed by atoms with E-state index >= 15 is 0 Å². The molecule has 2 aliphatic rings. The van der Waals surface area contributed by atoms with Gasteiger partial charge in [-0.2, -0.15) is 0 Å². The third kappa shape index (κ3) is 3.73. The zero-order valence-corrected chi connectivity index (χ0v) is 19.0. The molecule has 2 aliphatic carbocycles. The quantitative estimate of drug-likeness (QED) is 0.330. The number of hydrogen-bond donors (Lipinski definition) is 1. The maximum atomic E-state index is 12.7. The molecule has 0 heterocycles. The second-order valence-corrected chi connectivity index (χ2v) is 8.79. The molecule has 0 radical (unpaired) electrons. The highest BCUT2D eigenvalue weighted by Crippen LogP contribution is 2.44. The van der Waals surface area contributed by atoms with Crippen LogP contribution in [0.2, 0.25) is 0 Å². The average molecular weight is 458 g/mol. The lowest BCUT2D eigenvalue weighted by Crippen LogP contribution is -2.26. The largest absolute Gasteiger partial charge is 0.449 e. The van der Waals surface area contributed by atoms with Gasteiger partial charge < -0.3 is 10.1 Å². The molecule has 6 rings (SSSR count). The summed E-state index contributed by atoms with van der Waals surface area (Å²) >= 11 is 0. The van der Waals surface area contributed by atoms with Gasteiger partial charge in [0.25, 0.3) is 0 Å². The minimum absolute atomic E-state index is 0.0387. The fourth-order valence-corrected chi connectivity index (χ4v) is 5.14. The minimum Gasteiger partial charge on any atom is -0.449 e. The van der Waals surface area contributed by atoms with Gasteiger partial charge in [0.2, 0.25) is 0 Å². The summed E-state index contributed by atoms with van der Waals surface area (Å²) in [5.74, 6) is 0.0966. The van der Waals surface area contributed by atoms with Crippen molar-refractivity contribution in [3.63, 3.8) is 0 Å². The van der Waals surface area contributed by atoms with Gasteiger partial charge in [-0.1, -0.05) is 97.1 Å². The van der Waals surface area contributed by atoms with Crippen molar-refractivity contribution in [3.8, 4) is 22.3 Å². The van der Waals surface area contributed by atoms with Crippen LogP contribution in [-0.4, -0.2) is 25.0 Å². The predicted molar refractivity (Wildman–Crippen MR) is 137 cm³/mol. The number of fused-ring (bicyclic) bond motifs is 6. The van der Waals surface area contributed by atoms with Gasteiger partial charge >= 0.3 is 6.09 Å². The summed E-state index contributed by atoms with van der Waals surface area (Å²) in [5, 5.41) is 2.79. The van der Waals surface area contributed by atoms with Crippen LogP contribution in [-0.2, 0) is 4.74 Å². The standard InChI is InChI=1S/C31H23NO3/c33-30-27-14-6-5-11-23(27)26-16-15-20(18-28(26)30)8-7-17-32-31(34)35-19-29-24-12-3-1-9-21(24)22-10-2-4-13-25(22)29/h1-16,18,29H,17,19H2,(H,32,34). The number of ether oxygens (including phenoxy) is 1. The van der Waals surface area contributed by atoms with Gasteiger partial charge in [0, 0.05) is 23.6 Å². The van der Waals surface area contributed by atoms with Crippen LogP contribution in [0.25, 0.3) is 28.3 Å². The van der Waals surface area contributed by atoms with Crippen LogP contribution in [0.15, 0.2) is 97.1 Å². The number of benzene rings is 4. The predicted octanol–water partition coefficient (Wildman–Crippen LogP) is 6.45. The Labute approximate surface area is 203 Å². The second kappa shape index (κ2) is 8.73.